The molecule has 1 saturated heterocycles. The Labute approximate surface area is 138 Å². The Kier molecular flexibility index (Phi) is 4.26. The molecular formula is C16H16N4O2S. The first-order valence-electron chi connectivity index (χ1n) is 7.44. The molecule has 6 nitrogen and oxygen atoms in total. The van der Waals surface area contributed by atoms with Gasteiger partial charge in [-0.1, -0.05) is 0 Å². The van der Waals surface area contributed by atoms with Crippen molar-refractivity contribution < 1.29 is 4.92 Å². The van der Waals surface area contributed by atoms with E-state index < -0.39 is 4.92 Å². The zero-order valence-corrected chi connectivity index (χ0v) is 13.5. The van der Waals surface area contributed by atoms with Gasteiger partial charge in [0, 0.05) is 41.8 Å². The highest BCUT2D eigenvalue weighted by atomic mass is 32.1. The molecule has 2 heterocycles. The summed E-state index contributed by atoms with van der Waals surface area (Å²) >= 11 is 1.73. The van der Waals surface area contributed by atoms with E-state index in [1.54, 1.807) is 23.5 Å². The Morgan fingerprint density at radius 2 is 2.35 bits per heavy atom. The van der Waals surface area contributed by atoms with Crippen molar-refractivity contribution in [3.63, 3.8) is 0 Å². The zero-order chi connectivity index (χ0) is 16.4. The first kappa shape index (κ1) is 15.4. The average molecular weight is 328 g/mol. The van der Waals surface area contributed by atoms with Gasteiger partial charge in [-0.15, -0.1) is 11.3 Å². The van der Waals surface area contributed by atoms with Crippen molar-refractivity contribution in [3.8, 4) is 6.07 Å². The van der Waals surface area contributed by atoms with Crippen molar-refractivity contribution >= 4 is 22.7 Å². The third-order valence-corrected chi connectivity index (χ3v) is 5.15. The van der Waals surface area contributed by atoms with Crippen LogP contribution in [0.1, 0.15) is 34.2 Å². The second-order valence-corrected chi connectivity index (χ2v) is 6.93. The molecule has 0 unspecified atom stereocenters. The summed E-state index contributed by atoms with van der Waals surface area (Å²) in [7, 11) is 0. The molecule has 1 aromatic heterocycles. The first-order valence-corrected chi connectivity index (χ1v) is 8.26. The molecule has 1 aromatic carbocycles. The highest BCUT2D eigenvalue weighted by Crippen LogP contribution is 2.33. The van der Waals surface area contributed by atoms with E-state index >= 15 is 0 Å². The van der Waals surface area contributed by atoms with Crippen molar-refractivity contribution in [2.75, 3.05) is 18.0 Å². The van der Waals surface area contributed by atoms with E-state index in [1.807, 2.05) is 12.3 Å². The van der Waals surface area contributed by atoms with Gasteiger partial charge in [-0.05, 0) is 31.9 Å². The SMILES string of the molecule is Cc1cnc([C@@H]2CCCN(c3ccc([N+](=O)[O-])c(C#N)c3)C2)s1. The molecule has 0 spiro atoms. The maximum Gasteiger partial charge on any atom is 0.287 e. The number of aromatic nitrogens is 1. The van der Waals surface area contributed by atoms with Crippen molar-refractivity contribution in [2.45, 2.75) is 25.7 Å². The van der Waals surface area contributed by atoms with Crippen LogP contribution in [0.4, 0.5) is 11.4 Å². The lowest BCUT2D eigenvalue weighted by Gasteiger charge is -2.33. The molecule has 0 radical (unpaired) electrons. The van der Waals surface area contributed by atoms with Crippen LogP contribution in [0.15, 0.2) is 24.4 Å². The fourth-order valence-corrected chi connectivity index (χ4v) is 3.84. The third kappa shape index (κ3) is 3.17. The van der Waals surface area contributed by atoms with E-state index in [-0.39, 0.29) is 11.3 Å². The van der Waals surface area contributed by atoms with E-state index in [0.717, 1.165) is 36.6 Å². The summed E-state index contributed by atoms with van der Waals surface area (Å²) in [5.41, 5.74) is 0.838. The number of hydrogen-bond donors (Lipinski definition) is 0. The Morgan fingerprint density at radius 3 is 3.00 bits per heavy atom. The summed E-state index contributed by atoms with van der Waals surface area (Å²) in [4.78, 5) is 18.3. The maximum absolute atomic E-state index is 10.9. The fourth-order valence-electron chi connectivity index (χ4n) is 2.94. The number of piperidine rings is 1. The number of thiazole rings is 1. The Morgan fingerprint density at radius 1 is 1.52 bits per heavy atom. The molecule has 118 valence electrons. The zero-order valence-electron chi connectivity index (χ0n) is 12.7. The molecule has 1 aliphatic rings. The number of aryl methyl sites for hydroxylation is 1. The molecule has 0 amide bonds. The molecule has 3 rings (SSSR count). The van der Waals surface area contributed by atoms with Gasteiger partial charge in [-0.25, -0.2) is 4.98 Å². The molecule has 1 aliphatic heterocycles. The van der Waals surface area contributed by atoms with Gasteiger partial charge in [-0.2, -0.15) is 5.26 Å². The summed E-state index contributed by atoms with van der Waals surface area (Å²) in [5, 5.41) is 21.2. The van der Waals surface area contributed by atoms with Crippen molar-refractivity contribution in [3.05, 3.63) is 50.0 Å². The van der Waals surface area contributed by atoms with Crippen LogP contribution in [0.3, 0.4) is 0 Å². The van der Waals surface area contributed by atoms with Crippen molar-refractivity contribution in [2.24, 2.45) is 0 Å². The minimum Gasteiger partial charge on any atom is -0.371 e. The third-order valence-electron chi connectivity index (χ3n) is 4.07. The van der Waals surface area contributed by atoms with Gasteiger partial charge < -0.3 is 4.90 Å². The normalized spacial score (nSPS) is 17.7. The number of benzene rings is 1. The number of hydrogen-bond acceptors (Lipinski definition) is 6. The minimum atomic E-state index is -0.514. The van der Waals surface area contributed by atoms with Crippen molar-refractivity contribution in [1.29, 1.82) is 5.26 Å². The lowest BCUT2D eigenvalue weighted by atomic mass is 9.98. The van der Waals surface area contributed by atoms with Gasteiger partial charge in [-0.3, -0.25) is 10.1 Å². The molecule has 0 N–H and O–H groups in total. The lowest BCUT2D eigenvalue weighted by Crippen LogP contribution is -2.34. The molecule has 7 heteroatoms. The summed E-state index contributed by atoms with van der Waals surface area (Å²) < 4.78 is 0. The molecule has 0 bridgehead atoms. The largest absolute Gasteiger partial charge is 0.371 e. The highest BCUT2D eigenvalue weighted by molar-refractivity contribution is 7.11. The lowest BCUT2D eigenvalue weighted by molar-refractivity contribution is -0.385. The predicted octanol–water partition coefficient (Wildman–Crippen LogP) is 3.62. The summed E-state index contributed by atoms with van der Waals surface area (Å²) in [6, 6.07) is 6.69. The van der Waals surface area contributed by atoms with Crippen LogP contribution < -0.4 is 4.90 Å². The molecule has 1 fully saturated rings. The van der Waals surface area contributed by atoms with E-state index in [9.17, 15) is 10.1 Å². The topological polar surface area (TPSA) is 83.1 Å². The van der Waals surface area contributed by atoms with E-state index in [1.165, 1.54) is 10.9 Å². The second-order valence-electron chi connectivity index (χ2n) is 5.66. The number of nitro benzene ring substituents is 1. The molecular weight excluding hydrogens is 312 g/mol. The van der Waals surface area contributed by atoms with E-state index in [4.69, 9.17) is 5.26 Å². The Bertz CT molecular complexity index is 781. The standard InChI is InChI=1S/C16H16N4O2S/c1-11-9-18-16(23-11)12-3-2-6-19(10-12)14-4-5-15(20(21)22)13(7-14)8-17/h4-5,7,9,12H,2-3,6,10H2,1H3/t12-/m1/s1. The van der Waals surface area contributed by atoms with Gasteiger partial charge in [0.05, 0.1) is 9.93 Å². The number of nitriles is 1. The average Bonchev–Trinajstić information content (AvgIpc) is 3.01. The number of nitro groups is 1. The van der Waals surface area contributed by atoms with Crippen LogP contribution in [-0.4, -0.2) is 23.0 Å². The van der Waals surface area contributed by atoms with Crippen LogP contribution in [-0.2, 0) is 0 Å². The van der Waals surface area contributed by atoms with Gasteiger partial charge in [0.2, 0.25) is 0 Å². The number of anilines is 1. The maximum atomic E-state index is 10.9. The van der Waals surface area contributed by atoms with Crippen LogP contribution in [0.2, 0.25) is 0 Å². The Hall–Kier alpha value is -2.46. The van der Waals surface area contributed by atoms with Gasteiger partial charge in [0.15, 0.2) is 0 Å². The van der Waals surface area contributed by atoms with Gasteiger partial charge in [0.25, 0.3) is 5.69 Å². The minimum absolute atomic E-state index is 0.111. The molecule has 2 aromatic rings. The van der Waals surface area contributed by atoms with Crippen LogP contribution in [0, 0.1) is 28.4 Å². The number of rotatable bonds is 3. The van der Waals surface area contributed by atoms with Gasteiger partial charge in [0.1, 0.15) is 11.6 Å². The monoisotopic (exact) mass is 328 g/mol. The molecule has 23 heavy (non-hydrogen) atoms. The number of nitrogens with zero attached hydrogens (tertiary/aromatic N) is 4. The van der Waals surface area contributed by atoms with Crippen LogP contribution >= 0.6 is 11.3 Å². The Balaban J connectivity index is 1.84. The summed E-state index contributed by atoms with van der Waals surface area (Å²) in [6.45, 7) is 3.77. The summed E-state index contributed by atoms with van der Waals surface area (Å²) in [5.74, 6) is 0.378. The predicted molar refractivity (Wildman–Crippen MR) is 88.9 cm³/mol. The fraction of sp³-hybridized carbons (Fsp3) is 0.375. The molecule has 1 atom stereocenters. The molecule has 0 aliphatic carbocycles. The van der Waals surface area contributed by atoms with Gasteiger partial charge >= 0.3 is 0 Å². The van der Waals surface area contributed by atoms with E-state index in [0.29, 0.717) is 5.92 Å². The smallest absolute Gasteiger partial charge is 0.287 e. The van der Waals surface area contributed by atoms with Crippen molar-refractivity contribution in [1.82, 2.24) is 4.98 Å². The highest BCUT2D eigenvalue weighted by Gasteiger charge is 2.25. The quantitative estimate of drug-likeness (QED) is 0.635. The first-order chi connectivity index (χ1) is 11.1. The van der Waals surface area contributed by atoms with Crippen LogP contribution in [0.5, 0.6) is 0 Å². The molecule has 0 saturated carbocycles. The second kappa shape index (κ2) is 6.34. The summed E-state index contributed by atoms with van der Waals surface area (Å²) in [6.07, 6.45) is 4.04. The van der Waals surface area contributed by atoms with Crippen LogP contribution in [0.25, 0.3) is 0 Å². The van der Waals surface area contributed by atoms with E-state index in [2.05, 4.69) is 16.8 Å².